The molecule has 0 spiro atoms. The summed E-state index contributed by atoms with van der Waals surface area (Å²) in [7, 11) is 0. The minimum atomic E-state index is -0.255. The molecule has 2 amide bonds. The number of aromatic hydroxyl groups is 1. The van der Waals surface area contributed by atoms with Crippen LogP contribution in [0, 0.1) is 0 Å². The standard InChI is InChI=1S/C28H26N4O3S2/c33-21-7-5-19(6-8-21)23-3-1-2-4-24(23)30-27(35)25-17-37-28(31-25)20-11-15-32(16-12-20)26(34)18-36-22-9-13-29-14-10-22/h1-10,13-14,17,20,33H,11-12,15-16,18H2,(H,30,35). The lowest BCUT2D eigenvalue weighted by molar-refractivity contribution is -0.129. The van der Waals surface area contributed by atoms with Gasteiger partial charge >= 0.3 is 0 Å². The first-order valence-electron chi connectivity index (χ1n) is 12.0. The highest BCUT2D eigenvalue weighted by atomic mass is 32.2. The molecule has 0 saturated carbocycles. The molecule has 5 rings (SSSR count). The van der Waals surface area contributed by atoms with Gasteiger partial charge in [-0.25, -0.2) is 4.98 Å². The number of rotatable bonds is 7. The minimum Gasteiger partial charge on any atom is -0.508 e. The van der Waals surface area contributed by atoms with Crippen LogP contribution in [-0.2, 0) is 4.79 Å². The number of nitrogens with zero attached hydrogens (tertiary/aromatic N) is 3. The molecule has 1 aliphatic heterocycles. The van der Waals surface area contributed by atoms with Crippen LogP contribution in [0.15, 0.2) is 83.3 Å². The monoisotopic (exact) mass is 530 g/mol. The number of pyridine rings is 1. The van der Waals surface area contributed by atoms with Crippen LogP contribution >= 0.6 is 23.1 Å². The summed E-state index contributed by atoms with van der Waals surface area (Å²) in [5.74, 6) is 0.746. The van der Waals surface area contributed by atoms with E-state index in [1.54, 1.807) is 29.9 Å². The number of aromatic nitrogens is 2. The van der Waals surface area contributed by atoms with Gasteiger partial charge < -0.3 is 15.3 Å². The van der Waals surface area contributed by atoms with Gasteiger partial charge in [-0.1, -0.05) is 30.3 Å². The van der Waals surface area contributed by atoms with Crippen LogP contribution in [0.3, 0.4) is 0 Å². The van der Waals surface area contributed by atoms with Crippen LogP contribution < -0.4 is 5.32 Å². The lowest BCUT2D eigenvalue weighted by Gasteiger charge is -2.31. The largest absolute Gasteiger partial charge is 0.508 e. The summed E-state index contributed by atoms with van der Waals surface area (Å²) in [4.78, 5) is 37.3. The zero-order chi connectivity index (χ0) is 25.6. The first kappa shape index (κ1) is 25.0. The van der Waals surface area contributed by atoms with E-state index in [1.807, 2.05) is 53.4 Å². The summed E-state index contributed by atoms with van der Waals surface area (Å²) in [6.45, 7) is 1.39. The second-order valence-corrected chi connectivity index (χ2v) is 10.7. The van der Waals surface area contributed by atoms with Crippen LogP contribution in [-0.4, -0.2) is 50.6 Å². The average molecular weight is 531 g/mol. The maximum atomic E-state index is 13.0. The molecule has 7 nitrogen and oxygen atoms in total. The van der Waals surface area contributed by atoms with E-state index in [-0.39, 0.29) is 23.5 Å². The van der Waals surface area contributed by atoms with E-state index in [4.69, 9.17) is 0 Å². The maximum Gasteiger partial charge on any atom is 0.275 e. The Morgan fingerprint density at radius 2 is 1.76 bits per heavy atom. The van der Waals surface area contributed by atoms with Gasteiger partial charge in [-0.05, 0) is 48.7 Å². The number of carbonyl (C=O) groups is 2. The lowest BCUT2D eigenvalue weighted by Crippen LogP contribution is -2.38. The molecule has 0 unspecified atom stereocenters. The van der Waals surface area contributed by atoms with Gasteiger partial charge in [0.25, 0.3) is 5.91 Å². The number of para-hydroxylation sites is 1. The summed E-state index contributed by atoms with van der Waals surface area (Å²) < 4.78 is 0. The molecule has 1 aliphatic rings. The van der Waals surface area contributed by atoms with E-state index < -0.39 is 0 Å². The molecule has 0 aliphatic carbocycles. The number of hydrogen-bond acceptors (Lipinski definition) is 7. The quantitative estimate of drug-likeness (QED) is 0.299. The minimum absolute atomic E-state index is 0.145. The Hall–Kier alpha value is -3.69. The van der Waals surface area contributed by atoms with Crippen LogP contribution in [0.4, 0.5) is 5.69 Å². The fraction of sp³-hybridized carbons (Fsp3) is 0.214. The zero-order valence-corrected chi connectivity index (χ0v) is 21.7. The van der Waals surface area contributed by atoms with Crippen molar-refractivity contribution in [2.45, 2.75) is 23.7 Å². The van der Waals surface area contributed by atoms with E-state index in [0.29, 0.717) is 30.2 Å². The fourth-order valence-corrected chi connectivity index (χ4v) is 6.06. The molecule has 188 valence electrons. The first-order chi connectivity index (χ1) is 18.1. The van der Waals surface area contributed by atoms with Crippen molar-refractivity contribution in [3.05, 3.63) is 89.1 Å². The van der Waals surface area contributed by atoms with E-state index in [2.05, 4.69) is 15.3 Å². The van der Waals surface area contributed by atoms with Crippen molar-refractivity contribution in [2.24, 2.45) is 0 Å². The number of piperidine rings is 1. The van der Waals surface area contributed by atoms with Gasteiger partial charge in [0.05, 0.1) is 10.8 Å². The third-order valence-corrected chi connectivity index (χ3v) is 8.32. The normalized spacial score (nSPS) is 13.9. The predicted octanol–water partition coefficient (Wildman–Crippen LogP) is 5.66. The zero-order valence-electron chi connectivity index (χ0n) is 20.0. The van der Waals surface area contributed by atoms with Gasteiger partial charge in [-0.15, -0.1) is 23.1 Å². The SMILES string of the molecule is O=C(Nc1ccccc1-c1ccc(O)cc1)c1csc(C2CCN(C(=O)CSc3ccncc3)CC2)n1. The molecule has 0 atom stereocenters. The van der Waals surface area contributed by atoms with Gasteiger partial charge in [-0.3, -0.25) is 14.6 Å². The Morgan fingerprint density at radius 1 is 1.03 bits per heavy atom. The van der Waals surface area contributed by atoms with E-state index in [1.165, 1.54) is 23.1 Å². The van der Waals surface area contributed by atoms with Gasteiger partial charge in [0.2, 0.25) is 5.91 Å². The fourth-order valence-electron chi connectivity index (χ4n) is 4.30. The smallest absolute Gasteiger partial charge is 0.275 e. The van der Waals surface area contributed by atoms with Crippen LogP contribution in [0.5, 0.6) is 5.75 Å². The molecule has 37 heavy (non-hydrogen) atoms. The molecule has 2 aromatic carbocycles. The highest BCUT2D eigenvalue weighted by molar-refractivity contribution is 8.00. The summed E-state index contributed by atoms with van der Waals surface area (Å²) in [6, 6.07) is 18.3. The first-order valence-corrected chi connectivity index (χ1v) is 13.9. The van der Waals surface area contributed by atoms with Crippen molar-refractivity contribution in [2.75, 3.05) is 24.2 Å². The number of phenolic OH excluding ortho intramolecular Hbond substituents is 1. The highest BCUT2D eigenvalue weighted by Crippen LogP contribution is 2.32. The Morgan fingerprint density at radius 3 is 2.51 bits per heavy atom. The molecule has 1 saturated heterocycles. The average Bonchev–Trinajstić information content (AvgIpc) is 3.44. The Balaban J connectivity index is 1.17. The van der Waals surface area contributed by atoms with Gasteiger partial charge in [0, 0.05) is 52.9 Å². The molecule has 3 heterocycles. The molecule has 9 heteroatoms. The Bertz CT molecular complexity index is 1370. The topological polar surface area (TPSA) is 95.4 Å². The number of nitrogens with one attached hydrogen (secondary N) is 1. The molecule has 4 aromatic rings. The van der Waals surface area contributed by atoms with Gasteiger partial charge in [0.1, 0.15) is 11.4 Å². The van der Waals surface area contributed by atoms with Crippen molar-refractivity contribution in [3.63, 3.8) is 0 Å². The summed E-state index contributed by atoms with van der Waals surface area (Å²) in [6.07, 6.45) is 5.14. The van der Waals surface area contributed by atoms with Crippen molar-refractivity contribution in [3.8, 4) is 16.9 Å². The molecule has 0 radical (unpaired) electrons. The van der Waals surface area contributed by atoms with Crippen molar-refractivity contribution in [1.29, 1.82) is 0 Å². The maximum absolute atomic E-state index is 13.0. The number of hydrogen-bond donors (Lipinski definition) is 2. The number of carbonyl (C=O) groups excluding carboxylic acids is 2. The number of thiazole rings is 1. The number of amides is 2. The molecular formula is C28H26N4O3S2. The summed E-state index contributed by atoms with van der Waals surface area (Å²) in [5, 5.41) is 15.3. The van der Waals surface area contributed by atoms with Crippen molar-refractivity contribution < 1.29 is 14.7 Å². The van der Waals surface area contributed by atoms with Gasteiger partial charge in [-0.2, -0.15) is 0 Å². The molecule has 2 N–H and O–H groups in total. The number of benzene rings is 2. The Kier molecular flexibility index (Phi) is 7.82. The van der Waals surface area contributed by atoms with Crippen molar-refractivity contribution >= 4 is 40.6 Å². The van der Waals surface area contributed by atoms with Crippen LogP contribution in [0.2, 0.25) is 0 Å². The lowest BCUT2D eigenvalue weighted by atomic mass is 9.97. The molecule has 0 bridgehead atoms. The van der Waals surface area contributed by atoms with E-state index in [0.717, 1.165) is 33.9 Å². The number of thioether (sulfide) groups is 1. The number of anilines is 1. The summed E-state index contributed by atoms with van der Waals surface area (Å²) in [5.41, 5.74) is 2.84. The van der Waals surface area contributed by atoms with Crippen molar-refractivity contribution in [1.82, 2.24) is 14.9 Å². The number of phenols is 1. The third-order valence-electron chi connectivity index (χ3n) is 6.32. The van der Waals surface area contributed by atoms with Crippen LogP contribution in [0.25, 0.3) is 11.1 Å². The molecule has 1 fully saturated rings. The highest BCUT2D eigenvalue weighted by Gasteiger charge is 2.26. The Labute approximate surface area is 223 Å². The summed E-state index contributed by atoms with van der Waals surface area (Å²) >= 11 is 3.03. The second-order valence-electron chi connectivity index (χ2n) is 8.74. The predicted molar refractivity (Wildman–Crippen MR) is 147 cm³/mol. The van der Waals surface area contributed by atoms with E-state index in [9.17, 15) is 14.7 Å². The third kappa shape index (κ3) is 6.18. The molecule has 2 aromatic heterocycles. The van der Waals surface area contributed by atoms with E-state index >= 15 is 0 Å². The number of likely N-dealkylation sites (tertiary alicyclic amines) is 1. The van der Waals surface area contributed by atoms with Gasteiger partial charge in [0.15, 0.2) is 0 Å². The second kappa shape index (κ2) is 11.6. The molecular weight excluding hydrogens is 504 g/mol. The van der Waals surface area contributed by atoms with Crippen LogP contribution in [0.1, 0.15) is 34.3 Å².